The van der Waals surface area contributed by atoms with Gasteiger partial charge in [-0.2, -0.15) is 0 Å². The summed E-state index contributed by atoms with van der Waals surface area (Å²) in [6.07, 6.45) is 14.3. The lowest BCUT2D eigenvalue weighted by Gasteiger charge is -2.13. The standard InChI is InChI=1S/C22H38O4/c1-3-5-7-9-11-13-15-25-21-18-22(20(24)17-19(21)23)26-16-14-12-10-8-6-4-2/h17-18,23-24H,3-16H2,1-2H3. The first-order valence-electron chi connectivity index (χ1n) is 10.5. The van der Waals surface area contributed by atoms with Gasteiger partial charge in [0.05, 0.1) is 13.2 Å². The fourth-order valence-corrected chi connectivity index (χ4v) is 2.90. The normalized spacial score (nSPS) is 10.8. The van der Waals surface area contributed by atoms with E-state index in [9.17, 15) is 10.2 Å². The van der Waals surface area contributed by atoms with Crippen LogP contribution in [0.4, 0.5) is 0 Å². The quantitative estimate of drug-likeness (QED) is 0.325. The van der Waals surface area contributed by atoms with E-state index in [4.69, 9.17) is 9.47 Å². The van der Waals surface area contributed by atoms with Crippen molar-refractivity contribution in [2.24, 2.45) is 0 Å². The highest BCUT2D eigenvalue weighted by atomic mass is 16.5. The third-order valence-electron chi connectivity index (χ3n) is 4.55. The summed E-state index contributed by atoms with van der Waals surface area (Å²) in [6.45, 7) is 5.56. The third-order valence-corrected chi connectivity index (χ3v) is 4.55. The Kier molecular flexibility index (Phi) is 12.6. The Hall–Kier alpha value is -1.58. The molecule has 0 saturated heterocycles. The first kappa shape index (κ1) is 22.5. The maximum Gasteiger partial charge on any atom is 0.164 e. The molecular formula is C22H38O4. The molecule has 1 aromatic carbocycles. The number of benzene rings is 1. The van der Waals surface area contributed by atoms with Gasteiger partial charge in [0.2, 0.25) is 0 Å². The molecular weight excluding hydrogens is 328 g/mol. The Labute approximate surface area is 159 Å². The molecule has 0 aliphatic carbocycles. The largest absolute Gasteiger partial charge is 0.504 e. The van der Waals surface area contributed by atoms with Crippen LogP contribution in [0.1, 0.15) is 90.9 Å². The van der Waals surface area contributed by atoms with Crippen molar-refractivity contribution in [3.8, 4) is 23.0 Å². The summed E-state index contributed by atoms with van der Waals surface area (Å²) >= 11 is 0. The maximum atomic E-state index is 9.94. The smallest absolute Gasteiger partial charge is 0.164 e. The van der Waals surface area contributed by atoms with Gasteiger partial charge < -0.3 is 19.7 Å². The number of phenolic OH excluding ortho intramolecular Hbond substituents is 2. The second-order valence-electron chi connectivity index (χ2n) is 7.02. The summed E-state index contributed by atoms with van der Waals surface area (Å²) in [5.41, 5.74) is 0. The van der Waals surface area contributed by atoms with E-state index in [-0.39, 0.29) is 11.5 Å². The van der Waals surface area contributed by atoms with Crippen molar-refractivity contribution in [3.05, 3.63) is 12.1 Å². The lowest BCUT2D eigenvalue weighted by Crippen LogP contribution is -2.00. The summed E-state index contributed by atoms with van der Waals surface area (Å²) in [5.74, 6) is 0.685. The van der Waals surface area contributed by atoms with Crippen molar-refractivity contribution in [1.82, 2.24) is 0 Å². The minimum Gasteiger partial charge on any atom is -0.504 e. The molecule has 0 amide bonds. The van der Waals surface area contributed by atoms with Gasteiger partial charge in [-0.3, -0.25) is 0 Å². The number of hydrogen-bond acceptors (Lipinski definition) is 4. The van der Waals surface area contributed by atoms with Crippen LogP contribution in [0.25, 0.3) is 0 Å². The highest BCUT2D eigenvalue weighted by molar-refractivity contribution is 5.52. The number of ether oxygens (including phenoxy) is 2. The van der Waals surface area contributed by atoms with Crippen LogP contribution >= 0.6 is 0 Å². The monoisotopic (exact) mass is 366 g/mol. The van der Waals surface area contributed by atoms with Gasteiger partial charge in [-0.1, -0.05) is 78.1 Å². The van der Waals surface area contributed by atoms with E-state index in [1.165, 1.54) is 57.4 Å². The van der Waals surface area contributed by atoms with Crippen LogP contribution < -0.4 is 9.47 Å². The zero-order chi connectivity index (χ0) is 19.0. The van der Waals surface area contributed by atoms with E-state index in [2.05, 4.69) is 13.8 Å². The second-order valence-corrected chi connectivity index (χ2v) is 7.02. The summed E-state index contributed by atoms with van der Waals surface area (Å²) in [6, 6.07) is 2.89. The molecule has 0 saturated carbocycles. The number of unbranched alkanes of at least 4 members (excludes halogenated alkanes) is 10. The predicted octanol–water partition coefficient (Wildman–Crippen LogP) is 6.58. The second kappa shape index (κ2) is 14.6. The summed E-state index contributed by atoms with van der Waals surface area (Å²) < 4.78 is 11.3. The van der Waals surface area contributed by atoms with Crippen molar-refractivity contribution >= 4 is 0 Å². The van der Waals surface area contributed by atoms with Gasteiger partial charge >= 0.3 is 0 Å². The SMILES string of the molecule is CCCCCCCCOc1cc(OCCCCCCCC)c(O)cc1O. The van der Waals surface area contributed by atoms with Crippen LogP contribution in [0.3, 0.4) is 0 Å². The Balaban J connectivity index is 2.30. The summed E-state index contributed by atoms with van der Waals surface area (Å²) in [4.78, 5) is 0. The summed E-state index contributed by atoms with van der Waals surface area (Å²) in [7, 11) is 0. The van der Waals surface area contributed by atoms with Crippen LogP contribution in [0.5, 0.6) is 23.0 Å². The van der Waals surface area contributed by atoms with Gasteiger partial charge in [-0.15, -0.1) is 0 Å². The maximum absolute atomic E-state index is 9.94. The molecule has 0 heterocycles. The van der Waals surface area contributed by atoms with Gasteiger partial charge in [-0.05, 0) is 12.8 Å². The summed E-state index contributed by atoms with van der Waals surface area (Å²) in [5, 5.41) is 19.9. The number of phenols is 2. The Morgan fingerprint density at radius 2 is 0.962 bits per heavy atom. The third kappa shape index (κ3) is 9.79. The molecule has 0 radical (unpaired) electrons. The number of rotatable bonds is 16. The van der Waals surface area contributed by atoms with Crippen molar-refractivity contribution in [2.75, 3.05) is 13.2 Å². The zero-order valence-electron chi connectivity index (χ0n) is 16.8. The van der Waals surface area contributed by atoms with Gasteiger partial charge in [-0.25, -0.2) is 0 Å². The van der Waals surface area contributed by atoms with Gasteiger partial charge in [0.25, 0.3) is 0 Å². The number of aromatic hydroxyl groups is 2. The van der Waals surface area contributed by atoms with Crippen LogP contribution in [0, 0.1) is 0 Å². The minimum absolute atomic E-state index is 0.0413. The first-order chi connectivity index (χ1) is 12.7. The Morgan fingerprint density at radius 3 is 1.38 bits per heavy atom. The molecule has 4 nitrogen and oxygen atoms in total. The van der Waals surface area contributed by atoms with E-state index in [1.807, 2.05) is 0 Å². The van der Waals surface area contributed by atoms with Gasteiger partial charge in [0.15, 0.2) is 23.0 Å². The molecule has 2 N–H and O–H groups in total. The highest BCUT2D eigenvalue weighted by Gasteiger charge is 2.11. The molecule has 4 heteroatoms. The molecule has 0 unspecified atom stereocenters. The molecule has 0 bridgehead atoms. The molecule has 0 atom stereocenters. The fourth-order valence-electron chi connectivity index (χ4n) is 2.90. The van der Waals surface area contributed by atoms with Gasteiger partial charge in [0.1, 0.15) is 0 Å². The molecule has 1 aromatic rings. The van der Waals surface area contributed by atoms with E-state index in [0.29, 0.717) is 24.7 Å². The average Bonchev–Trinajstić information content (AvgIpc) is 2.63. The predicted molar refractivity (Wildman–Crippen MR) is 108 cm³/mol. The Bertz CT molecular complexity index is 434. The molecule has 0 fully saturated rings. The lowest BCUT2D eigenvalue weighted by atomic mass is 10.1. The van der Waals surface area contributed by atoms with Crippen LogP contribution in [0.2, 0.25) is 0 Å². The minimum atomic E-state index is -0.0413. The average molecular weight is 367 g/mol. The molecule has 0 aliphatic heterocycles. The highest BCUT2D eigenvalue weighted by Crippen LogP contribution is 2.38. The van der Waals surface area contributed by atoms with E-state index in [1.54, 1.807) is 6.07 Å². The Morgan fingerprint density at radius 1 is 0.577 bits per heavy atom. The van der Waals surface area contributed by atoms with E-state index >= 15 is 0 Å². The molecule has 150 valence electrons. The molecule has 0 aromatic heterocycles. The van der Waals surface area contributed by atoms with Crippen LogP contribution in [-0.4, -0.2) is 23.4 Å². The van der Waals surface area contributed by atoms with Crippen molar-refractivity contribution < 1.29 is 19.7 Å². The molecule has 26 heavy (non-hydrogen) atoms. The van der Waals surface area contributed by atoms with Crippen molar-refractivity contribution in [3.63, 3.8) is 0 Å². The van der Waals surface area contributed by atoms with Crippen molar-refractivity contribution in [2.45, 2.75) is 90.9 Å². The van der Waals surface area contributed by atoms with Crippen molar-refractivity contribution in [1.29, 1.82) is 0 Å². The molecule has 0 spiro atoms. The fraction of sp³-hybridized carbons (Fsp3) is 0.727. The molecule has 0 aliphatic rings. The lowest BCUT2D eigenvalue weighted by molar-refractivity contribution is 0.270. The van der Waals surface area contributed by atoms with Crippen LogP contribution in [0.15, 0.2) is 12.1 Å². The van der Waals surface area contributed by atoms with E-state index < -0.39 is 0 Å². The van der Waals surface area contributed by atoms with Gasteiger partial charge in [0, 0.05) is 12.1 Å². The topological polar surface area (TPSA) is 58.9 Å². The van der Waals surface area contributed by atoms with Crippen LogP contribution in [-0.2, 0) is 0 Å². The van der Waals surface area contributed by atoms with E-state index in [0.717, 1.165) is 25.7 Å². The zero-order valence-corrected chi connectivity index (χ0v) is 16.8. The number of hydrogen-bond donors (Lipinski definition) is 2. The first-order valence-corrected chi connectivity index (χ1v) is 10.5. The molecule has 1 rings (SSSR count).